The summed E-state index contributed by atoms with van der Waals surface area (Å²) in [5.74, 6) is 0.694. The van der Waals surface area contributed by atoms with E-state index in [-0.39, 0.29) is 12.5 Å². The molecule has 0 aliphatic heterocycles. The average molecular weight is 299 g/mol. The smallest absolute Gasteiger partial charge is 0.264 e. The van der Waals surface area contributed by atoms with Gasteiger partial charge in [-0.05, 0) is 32.0 Å². The zero-order valence-electron chi connectivity index (χ0n) is 12.4. The summed E-state index contributed by atoms with van der Waals surface area (Å²) < 4.78 is 7.80. The fourth-order valence-electron chi connectivity index (χ4n) is 2.31. The van der Waals surface area contributed by atoms with Gasteiger partial charge in [0.1, 0.15) is 12.1 Å². The second kappa shape index (κ2) is 5.88. The molecule has 0 atom stereocenters. The van der Waals surface area contributed by atoms with E-state index >= 15 is 0 Å². The van der Waals surface area contributed by atoms with Crippen molar-refractivity contribution in [2.24, 2.45) is 0 Å². The van der Waals surface area contributed by atoms with Gasteiger partial charge in [-0.1, -0.05) is 6.07 Å². The van der Waals surface area contributed by atoms with Gasteiger partial charge in [-0.3, -0.25) is 10.1 Å². The Balaban J connectivity index is 1.73. The van der Waals surface area contributed by atoms with E-state index in [4.69, 9.17) is 4.74 Å². The first-order valence-electron chi connectivity index (χ1n) is 7.02. The molecule has 0 aliphatic carbocycles. The molecule has 2 aromatic heterocycles. The van der Waals surface area contributed by atoms with E-state index in [2.05, 4.69) is 38.9 Å². The molecule has 0 saturated carbocycles. The number of ether oxygens (including phenoxy) is 1. The highest BCUT2D eigenvalue weighted by molar-refractivity contribution is 5.91. The highest BCUT2D eigenvalue weighted by Crippen LogP contribution is 2.28. The number of anilines is 1. The minimum Gasteiger partial charge on any atom is -0.483 e. The fourth-order valence-corrected chi connectivity index (χ4v) is 2.31. The molecule has 2 heterocycles. The van der Waals surface area contributed by atoms with Crippen molar-refractivity contribution in [1.29, 1.82) is 0 Å². The SMILES string of the molecule is CC(C)n1ccc2c(OCC(=O)Nc3ncn[nH]3)cccc21. The van der Waals surface area contributed by atoms with Crippen molar-refractivity contribution in [2.75, 3.05) is 11.9 Å². The zero-order valence-corrected chi connectivity index (χ0v) is 12.4. The number of carbonyl (C=O) groups excluding carboxylic acids is 1. The summed E-state index contributed by atoms with van der Waals surface area (Å²) >= 11 is 0. The number of fused-ring (bicyclic) bond motifs is 1. The Bertz CT molecular complexity index is 776. The molecule has 22 heavy (non-hydrogen) atoms. The second-order valence-corrected chi connectivity index (χ2v) is 5.18. The van der Waals surface area contributed by atoms with Crippen LogP contribution in [0.5, 0.6) is 5.75 Å². The van der Waals surface area contributed by atoms with Crippen molar-refractivity contribution in [2.45, 2.75) is 19.9 Å². The topological polar surface area (TPSA) is 84.8 Å². The molecule has 0 aliphatic rings. The number of hydrogen-bond acceptors (Lipinski definition) is 4. The lowest BCUT2D eigenvalue weighted by Crippen LogP contribution is -2.20. The third-order valence-corrected chi connectivity index (χ3v) is 3.31. The average Bonchev–Trinajstić information content (AvgIpc) is 3.13. The van der Waals surface area contributed by atoms with Gasteiger partial charge in [-0.15, -0.1) is 0 Å². The monoisotopic (exact) mass is 299 g/mol. The number of hydrogen-bond donors (Lipinski definition) is 2. The first kappa shape index (κ1) is 14.1. The predicted octanol–water partition coefficient (Wildman–Crippen LogP) is 2.36. The van der Waals surface area contributed by atoms with Crippen LogP contribution in [0.25, 0.3) is 10.9 Å². The largest absolute Gasteiger partial charge is 0.483 e. The maximum atomic E-state index is 11.8. The van der Waals surface area contributed by atoms with Crippen LogP contribution in [0.1, 0.15) is 19.9 Å². The molecule has 114 valence electrons. The number of nitrogens with one attached hydrogen (secondary N) is 2. The number of aromatic amines is 1. The molecule has 0 spiro atoms. The van der Waals surface area contributed by atoms with Crippen LogP contribution in [0.3, 0.4) is 0 Å². The van der Waals surface area contributed by atoms with E-state index in [1.54, 1.807) is 0 Å². The Morgan fingerprint density at radius 1 is 1.41 bits per heavy atom. The van der Waals surface area contributed by atoms with E-state index in [0.29, 0.717) is 17.7 Å². The predicted molar refractivity (Wildman–Crippen MR) is 82.8 cm³/mol. The van der Waals surface area contributed by atoms with E-state index < -0.39 is 0 Å². The number of amides is 1. The maximum Gasteiger partial charge on any atom is 0.264 e. The minimum atomic E-state index is -0.294. The first-order valence-corrected chi connectivity index (χ1v) is 7.02. The first-order chi connectivity index (χ1) is 10.6. The van der Waals surface area contributed by atoms with Crippen LogP contribution in [0.15, 0.2) is 36.8 Å². The van der Waals surface area contributed by atoms with Crippen LogP contribution in [0, 0.1) is 0 Å². The molecule has 1 aromatic carbocycles. The number of H-pyrrole nitrogens is 1. The van der Waals surface area contributed by atoms with Crippen LogP contribution in [0.2, 0.25) is 0 Å². The molecule has 0 unspecified atom stereocenters. The Labute approximate surface area is 127 Å². The van der Waals surface area contributed by atoms with Gasteiger partial charge in [0, 0.05) is 17.6 Å². The molecule has 3 aromatic rings. The highest BCUT2D eigenvalue weighted by atomic mass is 16.5. The van der Waals surface area contributed by atoms with Gasteiger partial charge in [0.05, 0.1) is 5.52 Å². The molecule has 7 nitrogen and oxygen atoms in total. The summed E-state index contributed by atoms with van der Waals surface area (Å²) in [5.41, 5.74) is 1.09. The highest BCUT2D eigenvalue weighted by Gasteiger charge is 2.10. The molecule has 1 amide bonds. The van der Waals surface area contributed by atoms with Crippen LogP contribution in [-0.2, 0) is 4.79 Å². The third-order valence-electron chi connectivity index (χ3n) is 3.31. The van der Waals surface area contributed by atoms with E-state index in [1.807, 2.05) is 30.5 Å². The molecule has 0 radical (unpaired) electrons. The second-order valence-electron chi connectivity index (χ2n) is 5.18. The van der Waals surface area contributed by atoms with Gasteiger partial charge in [0.25, 0.3) is 5.91 Å². The number of carbonyl (C=O) groups is 1. The summed E-state index contributed by atoms with van der Waals surface area (Å²) in [7, 11) is 0. The normalized spacial score (nSPS) is 11.0. The fraction of sp³-hybridized carbons (Fsp3) is 0.267. The molecule has 2 N–H and O–H groups in total. The Hall–Kier alpha value is -2.83. The molecular formula is C15H17N5O2. The maximum absolute atomic E-state index is 11.8. The zero-order chi connectivity index (χ0) is 15.5. The van der Waals surface area contributed by atoms with Crippen LogP contribution in [0.4, 0.5) is 5.95 Å². The van der Waals surface area contributed by atoms with Gasteiger partial charge in [0.2, 0.25) is 5.95 Å². The van der Waals surface area contributed by atoms with Gasteiger partial charge in [-0.25, -0.2) is 5.10 Å². The van der Waals surface area contributed by atoms with E-state index in [1.165, 1.54) is 6.33 Å². The minimum absolute atomic E-state index is 0.0906. The third kappa shape index (κ3) is 2.78. The van der Waals surface area contributed by atoms with Gasteiger partial charge in [0.15, 0.2) is 6.61 Å². The molecule has 0 saturated heterocycles. The van der Waals surface area contributed by atoms with Crippen molar-refractivity contribution in [3.8, 4) is 5.75 Å². The van der Waals surface area contributed by atoms with Gasteiger partial charge in [-0.2, -0.15) is 10.1 Å². The number of nitrogens with zero attached hydrogens (tertiary/aromatic N) is 3. The Kier molecular flexibility index (Phi) is 3.78. The molecular weight excluding hydrogens is 282 g/mol. The van der Waals surface area contributed by atoms with Crippen LogP contribution in [-0.4, -0.2) is 32.3 Å². The van der Waals surface area contributed by atoms with Crippen molar-refractivity contribution in [3.63, 3.8) is 0 Å². The standard InChI is InChI=1S/C15H17N5O2/c1-10(2)20-7-6-11-12(20)4-3-5-13(11)22-8-14(21)18-15-16-9-17-19-15/h3-7,9-10H,8H2,1-2H3,(H2,16,17,18,19,21). The number of rotatable bonds is 5. The van der Waals surface area contributed by atoms with Crippen LogP contribution < -0.4 is 10.1 Å². The summed E-state index contributed by atoms with van der Waals surface area (Å²) in [6.45, 7) is 4.16. The lowest BCUT2D eigenvalue weighted by molar-refractivity contribution is -0.118. The van der Waals surface area contributed by atoms with Crippen LogP contribution >= 0.6 is 0 Å². The van der Waals surface area contributed by atoms with E-state index in [9.17, 15) is 4.79 Å². The summed E-state index contributed by atoms with van der Waals surface area (Å²) in [5, 5.41) is 9.77. The number of aromatic nitrogens is 4. The molecule has 0 bridgehead atoms. The molecule has 0 fully saturated rings. The van der Waals surface area contributed by atoms with Crippen molar-refractivity contribution in [3.05, 3.63) is 36.8 Å². The quantitative estimate of drug-likeness (QED) is 0.757. The van der Waals surface area contributed by atoms with Crippen molar-refractivity contribution >= 4 is 22.8 Å². The Morgan fingerprint density at radius 3 is 3.00 bits per heavy atom. The lowest BCUT2D eigenvalue weighted by Gasteiger charge is -2.11. The van der Waals surface area contributed by atoms with Crippen molar-refractivity contribution < 1.29 is 9.53 Å². The van der Waals surface area contributed by atoms with Gasteiger partial charge < -0.3 is 9.30 Å². The summed E-state index contributed by atoms with van der Waals surface area (Å²) in [6, 6.07) is 8.18. The number of benzene rings is 1. The lowest BCUT2D eigenvalue weighted by atomic mass is 10.2. The summed E-state index contributed by atoms with van der Waals surface area (Å²) in [4.78, 5) is 15.6. The van der Waals surface area contributed by atoms with E-state index in [0.717, 1.165) is 10.9 Å². The molecule has 3 rings (SSSR count). The van der Waals surface area contributed by atoms with Gasteiger partial charge >= 0.3 is 0 Å². The molecule has 7 heteroatoms. The Morgan fingerprint density at radius 2 is 2.27 bits per heavy atom. The summed E-state index contributed by atoms with van der Waals surface area (Å²) in [6.07, 6.45) is 3.35. The van der Waals surface area contributed by atoms with Crippen molar-refractivity contribution in [1.82, 2.24) is 19.7 Å².